The maximum absolute atomic E-state index is 13.9. The number of rotatable bonds is 8. The van der Waals surface area contributed by atoms with E-state index >= 15 is 0 Å². The van der Waals surface area contributed by atoms with E-state index < -0.39 is 0 Å². The number of ether oxygens (including phenoxy) is 1. The fourth-order valence-electron chi connectivity index (χ4n) is 6.44. The number of carbonyl (C=O) groups excluding carboxylic acids is 2. The summed E-state index contributed by atoms with van der Waals surface area (Å²) in [6, 6.07) is 18.1. The van der Waals surface area contributed by atoms with Crippen LogP contribution in [0.1, 0.15) is 62.5 Å². The van der Waals surface area contributed by atoms with Crippen LogP contribution in [0.3, 0.4) is 0 Å². The van der Waals surface area contributed by atoms with E-state index in [1.807, 2.05) is 52.3 Å². The van der Waals surface area contributed by atoms with Crippen LogP contribution in [0.25, 0.3) is 0 Å². The Balaban J connectivity index is 0.00000242. The Morgan fingerprint density at radius 1 is 0.857 bits per heavy atom. The average Bonchev–Trinajstić information content (AvgIpc) is 3.53. The Kier molecular flexibility index (Phi) is 12.8. The van der Waals surface area contributed by atoms with Crippen LogP contribution in [-0.4, -0.2) is 66.5 Å². The summed E-state index contributed by atoms with van der Waals surface area (Å²) in [7, 11) is 0. The van der Waals surface area contributed by atoms with Crippen LogP contribution in [0.5, 0.6) is 0 Å². The minimum absolute atomic E-state index is 0. The Labute approximate surface area is 262 Å². The quantitative estimate of drug-likeness (QED) is 0.220. The first-order chi connectivity index (χ1) is 19.5. The zero-order chi connectivity index (χ0) is 27.9. The fourth-order valence-corrected chi connectivity index (χ4v) is 6.44. The summed E-state index contributed by atoms with van der Waals surface area (Å²) in [4.78, 5) is 33.0. The van der Waals surface area contributed by atoms with Gasteiger partial charge in [0.2, 0.25) is 0 Å². The largest absolute Gasteiger partial charge is 0.465 e. The number of piperazine rings is 1. The number of nitrogens with two attached hydrogens (primary N) is 1. The van der Waals surface area contributed by atoms with Gasteiger partial charge in [-0.1, -0.05) is 43.2 Å². The van der Waals surface area contributed by atoms with Gasteiger partial charge in [0.25, 0.3) is 0 Å². The lowest BCUT2D eigenvalue weighted by molar-refractivity contribution is -0.151. The van der Waals surface area contributed by atoms with E-state index in [9.17, 15) is 9.59 Å². The molecule has 0 radical (unpaired) electrons. The van der Waals surface area contributed by atoms with Gasteiger partial charge in [-0.2, -0.15) is 0 Å². The predicted molar refractivity (Wildman–Crippen MR) is 172 cm³/mol. The highest BCUT2D eigenvalue weighted by Crippen LogP contribution is 2.31. The smallest absolute Gasteiger partial charge is 0.320 e. The molecule has 2 aliphatic carbocycles. The molecule has 1 saturated heterocycles. The molecule has 2 amide bonds. The molecular formula is C32H45Cl2N5O3. The van der Waals surface area contributed by atoms with Crippen molar-refractivity contribution in [1.82, 2.24) is 9.80 Å². The summed E-state index contributed by atoms with van der Waals surface area (Å²) in [5.74, 6) is 0.512. The second-order valence-electron chi connectivity index (χ2n) is 11.6. The number of benzene rings is 2. The van der Waals surface area contributed by atoms with Crippen LogP contribution < -0.4 is 10.6 Å². The van der Waals surface area contributed by atoms with Crippen molar-refractivity contribution in [2.45, 2.75) is 64.0 Å². The lowest BCUT2D eigenvalue weighted by atomic mass is 9.85. The number of urea groups is 1. The van der Waals surface area contributed by atoms with Gasteiger partial charge in [0.1, 0.15) is 5.84 Å². The molecule has 0 spiro atoms. The number of nitrogen functional groups attached to an aromatic ring is 1. The molecule has 1 heterocycles. The first kappa shape index (κ1) is 33.5. The SMILES string of the molecule is Cl.Cl.N=C(N)c1ccc(N2CCN(C(=O)N(Cc3ccccc3)[C@H]3CC[C@H](C(=O)OCC4CCCC4)CC3)CC2)cc1. The molecule has 10 heteroatoms. The summed E-state index contributed by atoms with van der Waals surface area (Å²) in [6.45, 7) is 3.97. The van der Waals surface area contributed by atoms with Crippen molar-refractivity contribution in [2.75, 3.05) is 37.7 Å². The second kappa shape index (κ2) is 16.0. The zero-order valence-electron chi connectivity index (χ0n) is 24.3. The van der Waals surface area contributed by atoms with Crippen molar-refractivity contribution in [2.24, 2.45) is 17.6 Å². The van der Waals surface area contributed by atoms with Gasteiger partial charge in [0.15, 0.2) is 0 Å². The van der Waals surface area contributed by atoms with Crippen LogP contribution in [0, 0.1) is 17.2 Å². The van der Waals surface area contributed by atoms with Crippen LogP contribution in [0.2, 0.25) is 0 Å². The molecule has 5 rings (SSSR count). The Hall–Kier alpha value is -2.97. The summed E-state index contributed by atoms with van der Waals surface area (Å²) in [5.41, 5.74) is 8.51. The Morgan fingerprint density at radius 3 is 2.07 bits per heavy atom. The number of hydrogen-bond acceptors (Lipinski definition) is 5. The van der Waals surface area contributed by atoms with Gasteiger partial charge >= 0.3 is 12.0 Å². The molecule has 0 atom stereocenters. The van der Waals surface area contributed by atoms with E-state index in [0.717, 1.165) is 50.0 Å². The van der Waals surface area contributed by atoms with E-state index in [1.165, 1.54) is 25.7 Å². The van der Waals surface area contributed by atoms with E-state index in [2.05, 4.69) is 17.0 Å². The zero-order valence-corrected chi connectivity index (χ0v) is 25.9. The highest BCUT2D eigenvalue weighted by atomic mass is 35.5. The monoisotopic (exact) mass is 617 g/mol. The third-order valence-electron chi connectivity index (χ3n) is 8.94. The summed E-state index contributed by atoms with van der Waals surface area (Å²) in [6.07, 6.45) is 8.06. The van der Waals surface area contributed by atoms with Crippen LogP contribution >= 0.6 is 24.8 Å². The van der Waals surface area contributed by atoms with E-state index in [1.54, 1.807) is 0 Å². The van der Waals surface area contributed by atoms with E-state index in [-0.39, 0.29) is 54.6 Å². The highest BCUT2D eigenvalue weighted by Gasteiger charge is 2.35. The van der Waals surface area contributed by atoms with Crippen molar-refractivity contribution in [3.63, 3.8) is 0 Å². The number of nitrogens with zero attached hydrogens (tertiary/aromatic N) is 3. The van der Waals surface area contributed by atoms with Crippen LogP contribution in [-0.2, 0) is 16.1 Å². The molecule has 3 fully saturated rings. The molecule has 0 bridgehead atoms. The van der Waals surface area contributed by atoms with Crippen molar-refractivity contribution >= 4 is 48.3 Å². The van der Waals surface area contributed by atoms with Gasteiger partial charge in [0, 0.05) is 50.0 Å². The minimum atomic E-state index is -0.0516. The molecular weight excluding hydrogens is 573 g/mol. The number of hydrogen-bond donors (Lipinski definition) is 2. The third-order valence-corrected chi connectivity index (χ3v) is 8.94. The van der Waals surface area contributed by atoms with E-state index in [4.69, 9.17) is 15.9 Å². The number of carbonyl (C=O) groups is 2. The number of halogens is 2. The molecule has 1 aliphatic heterocycles. The second-order valence-corrected chi connectivity index (χ2v) is 11.6. The molecule has 8 nitrogen and oxygen atoms in total. The number of amides is 2. The highest BCUT2D eigenvalue weighted by molar-refractivity contribution is 5.95. The van der Waals surface area contributed by atoms with Gasteiger partial charge < -0.3 is 25.2 Å². The number of nitrogens with one attached hydrogen (secondary N) is 1. The molecule has 3 aliphatic rings. The first-order valence-electron chi connectivity index (χ1n) is 14.9. The lowest BCUT2D eigenvalue weighted by Crippen LogP contribution is -2.55. The van der Waals surface area contributed by atoms with E-state index in [0.29, 0.717) is 37.7 Å². The van der Waals surface area contributed by atoms with Crippen LogP contribution in [0.15, 0.2) is 54.6 Å². The molecule has 3 N–H and O–H groups in total. The van der Waals surface area contributed by atoms with Gasteiger partial charge in [0.05, 0.1) is 12.5 Å². The van der Waals surface area contributed by atoms with Gasteiger partial charge in [-0.25, -0.2) is 4.79 Å². The Morgan fingerprint density at radius 2 is 1.48 bits per heavy atom. The molecule has 0 aromatic heterocycles. The van der Waals surface area contributed by atoms with Crippen molar-refractivity contribution in [3.05, 3.63) is 65.7 Å². The standard InChI is InChI=1S/C32H43N5O3.2ClH/c33-30(34)26-10-14-28(15-11-26)35-18-20-36(21-19-35)32(39)37(22-24-6-2-1-3-7-24)29-16-12-27(13-17-29)31(38)40-23-25-8-4-5-9-25;;/h1-3,6-7,10-11,14-15,25,27,29H,4-5,8-9,12-13,16-23H2,(H3,33,34);2*1H/t27-,29-;;. The summed E-state index contributed by atoms with van der Waals surface area (Å²) in [5, 5.41) is 7.60. The molecule has 0 unspecified atom stereocenters. The summed E-state index contributed by atoms with van der Waals surface area (Å²) < 4.78 is 5.72. The lowest BCUT2D eigenvalue weighted by Gasteiger charge is -2.42. The maximum atomic E-state index is 13.9. The third kappa shape index (κ3) is 8.54. The topological polar surface area (TPSA) is 103 Å². The average molecular weight is 619 g/mol. The van der Waals surface area contributed by atoms with Crippen molar-refractivity contribution in [3.8, 4) is 0 Å². The van der Waals surface area contributed by atoms with Crippen molar-refractivity contribution in [1.29, 1.82) is 5.41 Å². The maximum Gasteiger partial charge on any atom is 0.320 e. The van der Waals surface area contributed by atoms with Gasteiger partial charge in [-0.05, 0) is 74.3 Å². The Bertz CT molecular complexity index is 1140. The van der Waals surface area contributed by atoms with Gasteiger partial charge in [-0.3, -0.25) is 10.2 Å². The minimum Gasteiger partial charge on any atom is -0.465 e. The number of esters is 1. The first-order valence-corrected chi connectivity index (χ1v) is 14.9. The number of anilines is 1. The molecule has 230 valence electrons. The molecule has 42 heavy (non-hydrogen) atoms. The van der Waals surface area contributed by atoms with Crippen LogP contribution in [0.4, 0.5) is 10.5 Å². The normalized spacial score (nSPS) is 20.7. The van der Waals surface area contributed by atoms with Crippen molar-refractivity contribution < 1.29 is 14.3 Å². The fraction of sp³-hybridized carbons (Fsp3) is 0.531. The molecule has 2 aromatic rings. The predicted octanol–water partition coefficient (Wildman–Crippen LogP) is 5.85. The summed E-state index contributed by atoms with van der Waals surface area (Å²) >= 11 is 0. The molecule has 2 aromatic carbocycles. The number of amidine groups is 1. The molecule has 2 saturated carbocycles. The van der Waals surface area contributed by atoms with Gasteiger partial charge in [-0.15, -0.1) is 24.8 Å².